The average Bonchev–Trinajstić information content (AvgIpc) is 3.12. The molecule has 2 N–H and O–H groups in total. The van der Waals surface area contributed by atoms with Crippen molar-refractivity contribution in [2.75, 3.05) is 5.32 Å². The smallest absolute Gasteiger partial charge is 0.416 e. The van der Waals surface area contributed by atoms with Crippen LogP contribution in [0.2, 0.25) is 0 Å². The maximum Gasteiger partial charge on any atom is 0.416 e. The molecule has 3 aromatic rings. The van der Waals surface area contributed by atoms with E-state index in [1.54, 1.807) is 52.8 Å². The third-order valence-electron chi connectivity index (χ3n) is 5.40. The van der Waals surface area contributed by atoms with Gasteiger partial charge in [0.1, 0.15) is 5.60 Å². The third-order valence-corrected chi connectivity index (χ3v) is 5.40. The van der Waals surface area contributed by atoms with Crippen molar-refractivity contribution in [3.05, 3.63) is 59.8 Å². The van der Waals surface area contributed by atoms with Gasteiger partial charge in [0.2, 0.25) is 0 Å². The van der Waals surface area contributed by atoms with E-state index in [9.17, 15) is 27.9 Å². The summed E-state index contributed by atoms with van der Waals surface area (Å²) in [5, 5.41) is 17.8. The topological polar surface area (TPSA) is 93.5 Å². The minimum Gasteiger partial charge on any atom is -0.479 e. The van der Waals surface area contributed by atoms with Crippen LogP contribution in [0.25, 0.3) is 10.9 Å². The Morgan fingerprint density at radius 2 is 1.62 bits per heavy atom. The van der Waals surface area contributed by atoms with Crippen LogP contribution in [0.3, 0.4) is 0 Å². The van der Waals surface area contributed by atoms with Crippen LogP contribution < -0.4 is 5.32 Å². The van der Waals surface area contributed by atoms with Crippen molar-refractivity contribution in [2.24, 2.45) is 5.92 Å². The lowest BCUT2D eigenvalue weighted by molar-refractivity contribution is -0.147. The number of nitrogens with one attached hydrogen (secondary N) is 1. The molecule has 2 aromatic carbocycles. The van der Waals surface area contributed by atoms with Gasteiger partial charge in [0, 0.05) is 5.39 Å². The Labute approximate surface area is 194 Å². The second kappa shape index (κ2) is 8.66. The number of carboxylic acid groups (broad SMARTS) is 1. The van der Waals surface area contributed by atoms with E-state index in [1.165, 1.54) is 10.9 Å². The standard InChI is InChI=1S/C24H26F3N3O4/c1-14(2)23(20(31)32,15-9-11-16(12-10-15)24(25,26)27)30-19-8-6-7-18(17(19)13-28-30)29-21(33)34-22(3,4)5/h6-14H,1-5H3,(H,29,33)(H,31,32). The van der Waals surface area contributed by atoms with Crippen molar-refractivity contribution in [1.29, 1.82) is 0 Å². The van der Waals surface area contributed by atoms with Gasteiger partial charge >= 0.3 is 18.2 Å². The van der Waals surface area contributed by atoms with Gasteiger partial charge in [-0.1, -0.05) is 32.0 Å². The molecule has 7 nitrogen and oxygen atoms in total. The van der Waals surface area contributed by atoms with Crippen LogP contribution in [0.15, 0.2) is 48.7 Å². The minimum atomic E-state index is -4.55. The summed E-state index contributed by atoms with van der Waals surface area (Å²) < 4.78 is 45.8. The fourth-order valence-corrected chi connectivity index (χ4v) is 3.93. The van der Waals surface area contributed by atoms with Crippen LogP contribution in [0, 0.1) is 5.92 Å². The molecule has 10 heteroatoms. The molecular weight excluding hydrogens is 451 g/mol. The first-order chi connectivity index (χ1) is 15.7. The first-order valence-corrected chi connectivity index (χ1v) is 10.6. The molecule has 0 saturated carbocycles. The van der Waals surface area contributed by atoms with Gasteiger partial charge in [0.25, 0.3) is 0 Å². The van der Waals surface area contributed by atoms with Crippen molar-refractivity contribution in [2.45, 2.75) is 51.9 Å². The summed E-state index contributed by atoms with van der Waals surface area (Å²) in [4.78, 5) is 25.0. The van der Waals surface area contributed by atoms with E-state index in [4.69, 9.17) is 4.74 Å². The van der Waals surface area contributed by atoms with Gasteiger partial charge in [-0.25, -0.2) is 14.3 Å². The molecule has 0 aliphatic rings. The highest BCUT2D eigenvalue weighted by Crippen LogP contribution is 2.39. The number of nitrogens with zero attached hydrogens (tertiary/aromatic N) is 2. The summed E-state index contributed by atoms with van der Waals surface area (Å²) >= 11 is 0. The van der Waals surface area contributed by atoms with Crippen LogP contribution in [0.5, 0.6) is 0 Å². The summed E-state index contributed by atoms with van der Waals surface area (Å²) in [6, 6.07) is 8.90. The number of halogens is 3. The Kier molecular flexibility index (Phi) is 6.38. The molecule has 34 heavy (non-hydrogen) atoms. The predicted molar refractivity (Wildman–Crippen MR) is 121 cm³/mol. The fraction of sp³-hybridized carbons (Fsp3) is 0.375. The highest BCUT2D eigenvalue weighted by Gasteiger charge is 2.47. The lowest BCUT2D eigenvalue weighted by Gasteiger charge is -2.35. The number of rotatable bonds is 5. The molecule has 1 atom stereocenters. The van der Waals surface area contributed by atoms with Gasteiger partial charge in [-0.3, -0.25) is 5.32 Å². The first kappa shape index (κ1) is 25.1. The van der Waals surface area contributed by atoms with Gasteiger partial charge in [-0.2, -0.15) is 18.3 Å². The van der Waals surface area contributed by atoms with E-state index in [2.05, 4.69) is 10.4 Å². The summed E-state index contributed by atoms with van der Waals surface area (Å²) in [6.45, 7) is 8.47. The molecule has 0 radical (unpaired) electrons. The quantitative estimate of drug-likeness (QED) is 0.478. The molecule has 0 fully saturated rings. The van der Waals surface area contributed by atoms with Gasteiger partial charge in [0.15, 0.2) is 5.54 Å². The van der Waals surface area contributed by atoms with Gasteiger partial charge in [0.05, 0.1) is 23.0 Å². The predicted octanol–water partition coefficient (Wildman–Crippen LogP) is 5.89. The lowest BCUT2D eigenvalue weighted by atomic mass is 9.79. The molecular formula is C24H26F3N3O4. The SMILES string of the molecule is CC(C)C(C(=O)O)(c1ccc(C(F)(F)F)cc1)n1ncc2c(NC(=O)OC(C)(C)C)cccc21. The van der Waals surface area contributed by atoms with Gasteiger partial charge in [-0.05, 0) is 56.5 Å². The van der Waals surface area contributed by atoms with Crippen LogP contribution in [-0.2, 0) is 21.2 Å². The van der Waals surface area contributed by atoms with E-state index in [1.807, 2.05) is 0 Å². The number of anilines is 1. The summed E-state index contributed by atoms with van der Waals surface area (Å²) in [6.07, 6.45) is -3.83. The second-order valence-corrected chi connectivity index (χ2v) is 9.22. The number of hydrogen-bond acceptors (Lipinski definition) is 4. The zero-order chi connectivity index (χ0) is 25.5. The number of hydrogen-bond donors (Lipinski definition) is 2. The van der Waals surface area contributed by atoms with Crippen molar-refractivity contribution >= 4 is 28.7 Å². The molecule has 182 valence electrons. The maximum absolute atomic E-state index is 13.1. The number of benzene rings is 2. The highest BCUT2D eigenvalue weighted by atomic mass is 19.4. The molecule has 3 rings (SSSR count). The number of aliphatic carboxylic acids is 1. The minimum absolute atomic E-state index is 0.138. The van der Waals surface area contributed by atoms with E-state index in [0.29, 0.717) is 16.6 Å². The lowest BCUT2D eigenvalue weighted by Crippen LogP contribution is -2.48. The Balaban J connectivity index is 2.17. The number of alkyl halides is 3. The Morgan fingerprint density at radius 3 is 2.12 bits per heavy atom. The number of amides is 1. The Morgan fingerprint density at radius 1 is 1.03 bits per heavy atom. The molecule has 1 unspecified atom stereocenters. The van der Waals surface area contributed by atoms with Gasteiger partial charge < -0.3 is 9.84 Å². The number of aromatic nitrogens is 2. The first-order valence-electron chi connectivity index (χ1n) is 10.6. The monoisotopic (exact) mass is 477 g/mol. The fourth-order valence-electron chi connectivity index (χ4n) is 3.93. The molecule has 0 saturated heterocycles. The highest BCUT2D eigenvalue weighted by molar-refractivity contribution is 5.99. The molecule has 1 heterocycles. The zero-order valence-corrected chi connectivity index (χ0v) is 19.4. The maximum atomic E-state index is 13.1. The van der Waals surface area contributed by atoms with Crippen molar-refractivity contribution in [3.63, 3.8) is 0 Å². The van der Waals surface area contributed by atoms with Crippen molar-refractivity contribution in [3.8, 4) is 0 Å². The molecule has 0 aliphatic heterocycles. The van der Waals surface area contributed by atoms with E-state index >= 15 is 0 Å². The van der Waals surface area contributed by atoms with Crippen LogP contribution in [-0.4, -0.2) is 32.6 Å². The second-order valence-electron chi connectivity index (χ2n) is 9.22. The average molecular weight is 477 g/mol. The van der Waals surface area contributed by atoms with Crippen LogP contribution in [0.1, 0.15) is 45.7 Å². The number of carbonyl (C=O) groups is 2. The van der Waals surface area contributed by atoms with E-state index in [0.717, 1.165) is 24.3 Å². The Bertz CT molecular complexity index is 1210. The summed E-state index contributed by atoms with van der Waals surface area (Å²) in [5.74, 6) is -1.88. The van der Waals surface area contributed by atoms with Gasteiger partial charge in [-0.15, -0.1) is 0 Å². The number of carboxylic acids is 1. The Hall–Kier alpha value is -3.56. The van der Waals surface area contributed by atoms with E-state index in [-0.39, 0.29) is 5.56 Å². The number of carbonyl (C=O) groups excluding carboxylic acids is 1. The largest absolute Gasteiger partial charge is 0.479 e. The molecule has 1 amide bonds. The molecule has 0 aliphatic carbocycles. The molecule has 0 bridgehead atoms. The van der Waals surface area contributed by atoms with E-state index < -0.39 is 40.9 Å². The van der Waals surface area contributed by atoms with Crippen LogP contribution >= 0.6 is 0 Å². The van der Waals surface area contributed by atoms with Crippen molar-refractivity contribution < 1.29 is 32.6 Å². The number of fused-ring (bicyclic) bond motifs is 1. The molecule has 0 spiro atoms. The van der Waals surface area contributed by atoms with Crippen molar-refractivity contribution in [1.82, 2.24) is 9.78 Å². The summed E-state index contributed by atoms with van der Waals surface area (Å²) in [7, 11) is 0. The number of ether oxygens (including phenoxy) is 1. The van der Waals surface area contributed by atoms with Crippen LogP contribution in [0.4, 0.5) is 23.7 Å². The summed E-state index contributed by atoms with van der Waals surface area (Å²) in [5.41, 5.74) is -2.54. The third kappa shape index (κ3) is 4.57. The molecule has 1 aromatic heterocycles. The zero-order valence-electron chi connectivity index (χ0n) is 19.4. The normalized spacial score (nSPS) is 14.1.